The Balaban J connectivity index is 2.19. The van der Waals surface area contributed by atoms with Gasteiger partial charge in [0.05, 0.1) is 0 Å². The molecule has 1 atom stereocenters. The van der Waals surface area contributed by atoms with Gasteiger partial charge in [0.15, 0.2) is 0 Å². The van der Waals surface area contributed by atoms with Crippen molar-refractivity contribution >= 4 is 38.3 Å². The van der Waals surface area contributed by atoms with Crippen LogP contribution in [0.5, 0.6) is 0 Å². The first-order chi connectivity index (χ1) is 8.84. The van der Waals surface area contributed by atoms with Gasteiger partial charge in [-0.1, -0.05) is 49.4 Å². The van der Waals surface area contributed by atoms with Crippen LogP contribution in [0, 0.1) is 0 Å². The third-order valence-electron chi connectivity index (χ3n) is 3.90. The van der Waals surface area contributed by atoms with E-state index in [1.54, 1.807) is 5.56 Å². The lowest BCUT2D eigenvalue weighted by atomic mass is 9.90. The Morgan fingerprint density at radius 1 is 1.06 bits per heavy atom. The highest BCUT2D eigenvalue weighted by molar-refractivity contribution is 7.21. The molecule has 0 spiro atoms. The molecule has 1 unspecified atom stereocenters. The Labute approximate surface area is 111 Å². The van der Waals surface area contributed by atoms with Crippen molar-refractivity contribution in [3.63, 3.8) is 0 Å². The van der Waals surface area contributed by atoms with Gasteiger partial charge in [-0.05, 0) is 40.1 Å². The van der Waals surface area contributed by atoms with Gasteiger partial charge >= 0.3 is 0 Å². The fourth-order valence-corrected chi connectivity index (χ4v) is 4.38. The Morgan fingerprint density at radius 2 is 1.94 bits per heavy atom. The van der Waals surface area contributed by atoms with Crippen LogP contribution in [0.3, 0.4) is 0 Å². The molecule has 18 heavy (non-hydrogen) atoms. The average molecular weight is 250 g/mol. The lowest BCUT2D eigenvalue weighted by Crippen LogP contribution is -1.96. The zero-order valence-corrected chi connectivity index (χ0v) is 11.1. The van der Waals surface area contributed by atoms with Crippen LogP contribution >= 0.6 is 11.3 Å². The maximum Gasteiger partial charge on any atom is 0.0430 e. The number of fused-ring (bicyclic) bond motifs is 5. The summed E-state index contributed by atoms with van der Waals surface area (Å²) in [5.41, 5.74) is 1.56. The number of allylic oxidation sites excluding steroid dienone is 1. The van der Waals surface area contributed by atoms with Gasteiger partial charge < -0.3 is 0 Å². The van der Waals surface area contributed by atoms with E-state index in [1.165, 1.54) is 32.2 Å². The predicted octanol–water partition coefficient (Wildman–Crippen LogP) is 5.57. The maximum absolute atomic E-state index is 2.34. The molecule has 1 aliphatic carbocycles. The Hall–Kier alpha value is -1.60. The molecule has 0 radical (unpaired) electrons. The first-order valence-corrected chi connectivity index (χ1v) is 7.27. The zero-order valence-electron chi connectivity index (χ0n) is 10.3. The van der Waals surface area contributed by atoms with Gasteiger partial charge in [0.25, 0.3) is 0 Å². The van der Waals surface area contributed by atoms with Crippen molar-refractivity contribution in [2.24, 2.45) is 0 Å². The van der Waals surface area contributed by atoms with E-state index in [0.29, 0.717) is 5.92 Å². The average Bonchev–Trinajstić information content (AvgIpc) is 2.79. The van der Waals surface area contributed by atoms with E-state index in [2.05, 4.69) is 55.5 Å². The minimum atomic E-state index is 0.653. The van der Waals surface area contributed by atoms with Crippen LogP contribution in [-0.4, -0.2) is 0 Å². The second kappa shape index (κ2) is 3.69. The minimum absolute atomic E-state index is 0.653. The van der Waals surface area contributed by atoms with Crippen LogP contribution in [0.1, 0.15) is 29.7 Å². The van der Waals surface area contributed by atoms with Crippen LogP contribution in [0.2, 0.25) is 0 Å². The molecule has 3 aromatic rings. The topological polar surface area (TPSA) is 0 Å². The van der Waals surface area contributed by atoms with Gasteiger partial charge in [0.1, 0.15) is 0 Å². The van der Waals surface area contributed by atoms with Gasteiger partial charge in [-0.15, -0.1) is 11.3 Å². The van der Waals surface area contributed by atoms with Gasteiger partial charge in [-0.3, -0.25) is 0 Å². The summed E-state index contributed by atoms with van der Waals surface area (Å²) in [5, 5.41) is 4.21. The third kappa shape index (κ3) is 1.31. The van der Waals surface area contributed by atoms with Crippen LogP contribution < -0.4 is 0 Å². The summed E-state index contributed by atoms with van der Waals surface area (Å²) in [4.78, 5) is 1.46. The summed E-state index contributed by atoms with van der Waals surface area (Å²) in [6.45, 7) is 2.34. The van der Waals surface area contributed by atoms with E-state index in [4.69, 9.17) is 0 Å². The molecule has 4 rings (SSSR count). The first-order valence-electron chi connectivity index (χ1n) is 6.45. The zero-order chi connectivity index (χ0) is 12.1. The monoisotopic (exact) mass is 250 g/mol. The van der Waals surface area contributed by atoms with Gasteiger partial charge in [0, 0.05) is 9.58 Å². The molecule has 0 bridgehead atoms. The normalized spacial score (nSPS) is 18.4. The van der Waals surface area contributed by atoms with Crippen molar-refractivity contribution in [3.05, 3.63) is 52.9 Å². The summed E-state index contributed by atoms with van der Waals surface area (Å²) in [6, 6.07) is 13.3. The molecule has 1 heterocycles. The van der Waals surface area contributed by atoms with Crippen LogP contribution in [0.15, 0.2) is 42.5 Å². The summed E-state index contributed by atoms with van der Waals surface area (Å²) >= 11 is 1.95. The van der Waals surface area contributed by atoms with E-state index in [0.717, 1.165) is 0 Å². The second-order valence-corrected chi connectivity index (χ2v) is 6.13. The SMILES string of the molecule is CC1CC=Cc2sc3c(ccc4ccccc43)c21. The lowest BCUT2D eigenvalue weighted by molar-refractivity contribution is 0.783. The fraction of sp³-hybridized carbons (Fsp3) is 0.176. The van der Waals surface area contributed by atoms with Crippen molar-refractivity contribution in [3.8, 4) is 0 Å². The van der Waals surface area contributed by atoms with Gasteiger partial charge in [-0.25, -0.2) is 0 Å². The summed E-state index contributed by atoms with van der Waals surface area (Å²) < 4.78 is 1.46. The summed E-state index contributed by atoms with van der Waals surface area (Å²) in [6.07, 6.45) is 5.78. The lowest BCUT2D eigenvalue weighted by Gasteiger charge is -2.14. The number of hydrogen-bond donors (Lipinski definition) is 0. The van der Waals surface area contributed by atoms with Crippen molar-refractivity contribution < 1.29 is 0 Å². The highest BCUT2D eigenvalue weighted by Crippen LogP contribution is 2.43. The Morgan fingerprint density at radius 3 is 2.89 bits per heavy atom. The molecule has 1 heteroatoms. The van der Waals surface area contributed by atoms with E-state index in [9.17, 15) is 0 Å². The molecule has 0 aliphatic heterocycles. The molecule has 88 valence electrons. The molecular formula is C17H14S. The molecule has 0 saturated heterocycles. The highest BCUT2D eigenvalue weighted by Gasteiger charge is 2.19. The smallest absolute Gasteiger partial charge is 0.0430 e. The number of thiophene rings is 1. The molecule has 2 aromatic carbocycles. The van der Waals surface area contributed by atoms with Crippen LogP contribution in [0.25, 0.3) is 26.9 Å². The number of rotatable bonds is 0. The largest absolute Gasteiger partial charge is 0.135 e. The molecule has 1 aromatic heterocycles. The number of hydrogen-bond acceptors (Lipinski definition) is 1. The van der Waals surface area contributed by atoms with Gasteiger partial charge in [0.2, 0.25) is 0 Å². The second-order valence-electron chi connectivity index (χ2n) is 5.08. The molecule has 0 saturated carbocycles. The van der Waals surface area contributed by atoms with E-state index < -0.39 is 0 Å². The molecule has 0 nitrogen and oxygen atoms in total. The Kier molecular flexibility index (Phi) is 2.12. The molecule has 0 N–H and O–H groups in total. The third-order valence-corrected chi connectivity index (χ3v) is 5.12. The molecule has 0 fully saturated rings. The van der Waals surface area contributed by atoms with E-state index in [1.807, 2.05) is 11.3 Å². The number of benzene rings is 2. The highest BCUT2D eigenvalue weighted by atomic mass is 32.1. The van der Waals surface area contributed by atoms with Gasteiger partial charge in [-0.2, -0.15) is 0 Å². The minimum Gasteiger partial charge on any atom is -0.135 e. The van der Waals surface area contributed by atoms with Crippen molar-refractivity contribution in [2.45, 2.75) is 19.3 Å². The van der Waals surface area contributed by atoms with Crippen LogP contribution in [0.4, 0.5) is 0 Å². The predicted molar refractivity (Wildman–Crippen MR) is 81.4 cm³/mol. The summed E-state index contributed by atoms with van der Waals surface area (Å²) in [7, 11) is 0. The maximum atomic E-state index is 2.34. The fourth-order valence-electron chi connectivity index (χ4n) is 2.99. The van der Waals surface area contributed by atoms with Crippen molar-refractivity contribution in [1.29, 1.82) is 0 Å². The van der Waals surface area contributed by atoms with Crippen molar-refractivity contribution in [2.75, 3.05) is 0 Å². The quantitative estimate of drug-likeness (QED) is 0.489. The molecule has 1 aliphatic rings. The Bertz CT molecular complexity index is 777. The molecular weight excluding hydrogens is 236 g/mol. The first kappa shape index (κ1) is 10.3. The van der Waals surface area contributed by atoms with Crippen LogP contribution in [-0.2, 0) is 0 Å². The van der Waals surface area contributed by atoms with E-state index >= 15 is 0 Å². The standard InChI is InChI=1S/C17H14S/c1-11-5-4-8-15-16(11)14-10-9-12-6-2-3-7-13(12)17(14)18-15/h2-4,6-11H,5H2,1H3. The molecule has 0 amide bonds. The van der Waals surface area contributed by atoms with E-state index in [-0.39, 0.29) is 0 Å². The summed E-state index contributed by atoms with van der Waals surface area (Å²) in [5.74, 6) is 0.653. The van der Waals surface area contributed by atoms with Crippen molar-refractivity contribution in [1.82, 2.24) is 0 Å².